The van der Waals surface area contributed by atoms with E-state index in [0.717, 1.165) is 43.9 Å². The van der Waals surface area contributed by atoms with E-state index in [-0.39, 0.29) is 11.9 Å². The number of nitrogens with one attached hydrogen (secondary N) is 1. The number of carbonyl (C=O) groups is 1. The molecule has 1 aliphatic carbocycles. The molecule has 2 fully saturated rings. The second kappa shape index (κ2) is 8.93. The van der Waals surface area contributed by atoms with Gasteiger partial charge >= 0.3 is 0 Å². The third-order valence-corrected chi connectivity index (χ3v) is 6.02. The van der Waals surface area contributed by atoms with Crippen molar-refractivity contribution in [2.75, 3.05) is 13.1 Å². The Morgan fingerprint density at radius 2 is 2.03 bits per heavy atom. The summed E-state index contributed by atoms with van der Waals surface area (Å²) in [5.41, 5.74) is 2.13. The van der Waals surface area contributed by atoms with E-state index in [1.807, 2.05) is 30.3 Å². The van der Waals surface area contributed by atoms with E-state index in [4.69, 9.17) is 4.74 Å². The molecule has 6 heteroatoms. The zero-order chi connectivity index (χ0) is 20.2. The lowest BCUT2D eigenvalue weighted by atomic mass is 9.77. The number of nitrogens with zero attached hydrogens (tertiary/aromatic N) is 2. The van der Waals surface area contributed by atoms with Gasteiger partial charge < -0.3 is 15.2 Å². The van der Waals surface area contributed by atoms with E-state index in [2.05, 4.69) is 27.3 Å². The van der Waals surface area contributed by atoms with Gasteiger partial charge in [0.15, 0.2) is 0 Å². The fraction of sp³-hybridized carbons (Fsp3) is 0.478. The number of amides is 1. The van der Waals surface area contributed by atoms with Crippen LogP contribution in [-0.2, 0) is 17.9 Å². The number of likely N-dealkylation sites (tertiary alicyclic amines) is 1. The number of pyridine rings is 1. The average Bonchev–Trinajstić information content (AvgIpc) is 3.08. The molecule has 1 amide bonds. The van der Waals surface area contributed by atoms with Crippen molar-refractivity contribution >= 4 is 5.91 Å². The molecule has 6 nitrogen and oxygen atoms in total. The highest BCUT2D eigenvalue weighted by Crippen LogP contribution is 2.37. The second-order valence-corrected chi connectivity index (χ2v) is 8.32. The molecule has 2 aliphatic rings. The Labute approximate surface area is 171 Å². The maximum absolute atomic E-state index is 11.4. The number of aromatic nitrogens is 1. The summed E-state index contributed by atoms with van der Waals surface area (Å²) in [6.07, 6.45) is 2.95. The third-order valence-electron chi connectivity index (χ3n) is 6.02. The molecule has 2 aromatic rings. The highest BCUT2D eigenvalue weighted by atomic mass is 16.5. The Balaban J connectivity index is 1.33. The predicted octanol–water partition coefficient (Wildman–Crippen LogP) is 2.37. The molecule has 1 saturated carbocycles. The molecular formula is C23H29N3O3. The maximum Gasteiger partial charge on any atom is 0.217 e. The van der Waals surface area contributed by atoms with Gasteiger partial charge in [0.2, 0.25) is 5.91 Å². The van der Waals surface area contributed by atoms with Crippen molar-refractivity contribution in [3.8, 4) is 5.75 Å². The molecule has 4 atom stereocenters. The molecule has 4 rings (SSSR count). The first kappa shape index (κ1) is 19.9. The van der Waals surface area contributed by atoms with E-state index in [9.17, 15) is 9.90 Å². The summed E-state index contributed by atoms with van der Waals surface area (Å²) in [5, 5.41) is 13.3. The molecule has 1 saturated heterocycles. The first-order valence-electron chi connectivity index (χ1n) is 10.4. The highest BCUT2D eigenvalue weighted by molar-refractivity contribution is 5.73. The van der Waals surface area contributed by atoms with Crippen LogP contribution in [0.3, 0.4) is 0 Å². The Hall–Kier alpha value is -2.44. The fourth-order valence-electron chi connectivity index (χ4n) is 4.71. The lowest BCUT2D eigenvalue weighted by molar-refractivity contribution is -0.121. The van der Waals surface area contributed by atoms with Gasteiger partial charge in [-0.3, -0.25) is 14.7 Å². The van der Waals surface area contributed by atoms with Crippen molar-refractivity contribution in [1.29, 1.82) is 0 Å². The quantitative estimate of drug-likeness (QED) is 0.786. The number of ether oxygens (including phenoxy) is 1. The molecule has 0 unspecified atom stereocenters. The van der Waals surface area contributed by atoms with Gasteiger partial charge in [-0.15, -0.1) is 0 Å². The Kier molecular flexibility index (Phi) is 6.11. The number of hydrogen-bond donors (Lipinski definition) is 2. The predicted molar refractivity (Wildman–Crippen MR) is 110 cm³/mol. The zero-order valence-corrected chi connectivity index (χ0v) is 16.8. The topological polar surface area (TPSA) is 74.7 Å². The van der Waals surface area contributed by atoms with Crippen LogP contribution >= 0.6 is 0 Å². The minimum absolute atomic E-state index is 0.0649. The number of rotatable bonds is 6. The monoisotopic (exact) mass is 395 g/mol. The third kappa shape index (κ3) is 5.14. The number of aliphatic hydroxyl groups excluding tert-OH is 1. The summed E-state index contributed by atoms with van der Waals surface area (Å²) in [5.74, 6) is 1.81. The van der Waals surface area contributed by atoms with Crippen molar-refractivity contribution in [1.82, 2.24) is 15.2 Å². The summed E-state index contributed by atoms with van der Waals surface area (Å²) in [6.45, 7) is 4.85. The van der Waals surface area contributed by atoms with E-state index in [1.165, 1.54) is 12.5 Å². The molecule has 29 heavy (non-hydrogen) atoms. The minimum Gasteiger partial charge on any atom is -0.487 e. The molecule has 2 heterocycles. The van der Waals surface area contributed by atoms with Crippen LogP contribution in [-0.4, -0.2) is 46.1 Å². The summed E-state index contributed by atoms with van der Waals surface area (Å²) in [4.78, 5) is 18.1. The number of fused-ring (bicyclic) bond motifs is 1. The van der Waals surface area contributed by atoms with Gasteiger partial charge in [-0.2, -0.15) is 0 Å². The van der Waals surface area contributed by atoms with Crippen LogP contribution in [0.15, 0.2) is 48.7 Å². The van der Waals surface area contributed by atoms with E-state index < -0.39 is 6.10 Å². The Morgan fingerprint density at radius 3 is 2.79 bits per heavy atom. The molecule has 154 valence electrons. The Bertz CT molecular complexity index is 829. The van der Waals surface area contributed by atoms with Crippen molar-refractivity contribution in [2.24, 2.45) is 11.8 Å². The van der Waals surface area contributed by atoms with Crippen LogP contribution in [0.25, 0.3) is 0 Å². The number of carbonyl (C=O) groups excluding carboxylic acids is 1. The van der Waals surface area contributed by atoms with Gasteiger partial charge in [0, 0.05) is 32.8 Å². The first-order valence-corrected chi connectivity index (χ1v) is 10.4. The van der Waals surface area contributed by atoms with Crippen LogP contribution in [0.1, 0.15) is 31.0 Å². The SMILES string of the molecule is CC(=O)N[C@@H]1C[C@@H]2CN(Cc3cccc(OCc4ccccn4)c3)C[C@@H]2C[C@H]1O. The van der Waals surface area contributed by atoms with E-state index in [1.54, 1.807) is 6.20 Å². The summed E-state index contributed by atoms with van der Waals surface area (Å²) in [6, 6.07) is 13.9. The molecule has 0 radical (unpaired) electrons. The van der Waals surface area contributed by atoms with Gasteiger partial charge in [-0.1, -0.05) is 18.2 Å². The Morgan fingerprint density at radius 1 is 1.21 bits per heavy atom. The summed E-state index contributed by atoms with van der Waals surface area (Å²) in [7, 11) is 0. The normalized spacial score (nSPS) is 26.7. The van der Waals surface area contributed by atoms with E-state index in [0.29, 0.717) is 18.4 Å². The van der Waals surface area contributed by atoms with Crippen molar-refractivity contribution < 1.29 is 14.6 Å². The van der Waals surface area contributed by atoms with Crippen LogP contribution < -0.4 is 10.1 Å². The average molecular weight is 396 g/mol. The van der Waals surface area contributed by atoms with Gasteiger partial charge in [0.05, 0.1) is 17.8 Å². The van der Waals surface area contributed by atoms with Crippen LogP contribution in [0.4, 0.5) is 0 Å². The zero-order valence-electron chi connectivity index (χ0n) is 16.8. The van der Waals surface area contributed by atoms with Gasteiger partial charge in [-0.05, 0) is 54.5 Å². The molecule has 1 aromatic heterocycles. The van der Waals surface area contributed by atoms with Gasteiger partial charge in [-0.25, -0.2) is 0 Å². The number of aliphatic hydroxyl groups is 1. The van der Waals surface area contributed by atoms with Crippen molar-refractivity contribution in [3.05, 3.63) is 59.9 Å². The van der Waals surface area contributed by atoms with Crippen LogP contribution in [0, 0.1) is 11.8 Å². The number of benzene rings is 1. The number of hydrogen-bond acceptors (Lipinski definition) is 5. The lowest BCUT2D eigenvalue weighted by Crippen LogP contribution is -2.48. The van der Waals surface area contributed by atoms with Crippen molar-refractivity contribution in [3.63, 3.8) is 0 Å². The molecule has 0 spiro atoms. The first-order chi connectivity index (χ1) is 14.1. The molecule has 0 bridgehead atoms. The summed E-state index contributed by atoms with van der Waals surface area (Å²) >= 11 is 0. The molecule has 2 N–H and O–H groups in total. The lowest BCUT2D eigenvalue weighted by Gasteiger charge is -2.35. The van der Waals surface area contributed by atoms with Gasteiger partial charge in [0.1, 0.15) is 12.4 Å². The maximum atomic E-state index is 11.4. The molecular weight excluding hydrogens is 366 g/mol. The molecule has 1 aliphatic heterocycles. The fourth-order valence-corrected chi connectivity index (χ4v) is 4.71. The second-order valence-electron chi connectivity index (χ2n) is 8.32. The van der Waals surface area contributed by atoms with Crippen LogP contribution in [0.5, 0.6) is 5.75 Å². The molecule has 1 aromatic carbocycles. The highest BCUT2D eigenvalue weighted by Gasteiger charge is 2.41. The summed E-state index contributed by atoms with van der Waals surface area (Å²) < 4.78 is 5.90. The van der Waals surface area contributed by atoms with E-state index >= 15 is 0 Å². The standard InChI is InChI=1S/C23H29N3O3/c1-16(27)25-22-10-18-13-26(14-19(18)11-23(22)28)12-17-5-4-7-21(9-17)29-15-20-6-2-3-8-24-20/h2-9,18-19,22-23,28H,10-15H2,1H3,(H,25,27)/t18-,19+,22-,23-/m1/s1. The largest absolute Gasteiger partial charge is 0.487 e. The van der Waals surface area contributed by atoms with Gasteiger partial charge in [0.25, 0.3) is 0 Å². The van der Waals surface area contributed by atoms with Crippen LogP contribution in [0.2, 0.25) is 0 Å². The smallest absolute Gasteiger partial charge is 0.217 e. The van der Waals surface area contributed by atoms with Crippen molar-refractivity contribution in [2.45, 2.75) is 45.1 Å². The minimum atomic E-state index is -0.441.